The molecule has 114 valence electrons. The van der Waals surface area contributed by atoms with Crippen molar-refractivity contribution in [3.63, 3.8) is 0 Å². The molecular formula is C17H24N2O2. The van der Waals surface area contributed by atoms with Crippen molar-refractivity contribution >= 4 is 17.5 Å². The van der Waals surface area contributed by atoms with E-state index in [0.717, 1.165) is 38.0 Å². The highest BCUT2D eigenvalue weighted by molar-refractivity contribution is 5.95. The van der Waals surface area contributed by atoms with E-state index in [1.807, 2.05) is 4.90 Å². The molecule has 1 aliphatic heterocycles. The number of amides is 2. The number of ketones is 1. The van der Waals surface area contributed by atoms with Crippen LogP contribution in [0, 0.1) is 5.41 Å². The van der Waals surface area contributed by atoms with Crippen LogP contribution in [0.1, 0.15) is 50.4 Å². The number of carbonyl (C=O) groups excluding carboxylic acids is 2. The highest BCUT2D eigenvalue weighted by atomic mass is 16.2. The highest BCUT2D eigenvalue weighted by Crippen LogP contribution is 2.34. The predicted octanol–water partition coefficient (Wildman–Crippen LogP) is 3.93. The molecule has 1 heterocycles. The first-order valence-corrected chi connectivity index (χ1v) is 7.60. The third-order valence-electron chi connectivity index (χ3n) is 4.65. The number of anilines is 1. The molecule has 4 nitrogen and oxygen atoms in total. The number of benzene rings is 1. The Kier molecular flexibility index (Phi) is 4.66. The van der Waals surface area contributed by atoms with E-state index < -0.39 is 0 Å². The Morgan fingerprint density at radius 1 is 1.19 bits per heavy atom. The van der Waals surface area contributed by atoms with Gasteiger partial charge in [-0.25, -0.2) is 4.79 Å². The van der Waals surface area contributed by atoms with Crippen molar-refractivity contribution in [1.29, 1.82) is 0 Å². The summed E-state index contributed by atoms with van der Waals surface area (Å²) < 4.78 is 0. The van der Waals surface area contributed by atoms with E-state index in [4.69, 9.17) is 0 Å². The minimum Gasteiger partial charge on any atom is -0.324 e. The predicted molar refractivity (Wildman–Crippen MR) is 84.7 cm³/mol. The molecule has 4 heteroatoms. The maximum Gasteiger partial charge on any atom is 0.321 e. The van der Waals surface area contributed by atoms with Gasteiger partial charge in [0.05, 0.1) is 0 Å². The molecule has 2 amide bonds. The zero-order valence-electron chi connectivity index (χ0n) is 13.1. The van der Waals surface area contributed by atoms with Gasteiger partial charge in [0.2, 0.25) is 0 Å². The zero-order valence-corrected chi connectivity index (χ0v) is 13.1. The van der Waals surface area contributed by atoms with Crippen LogP contribution >= 0.6 is 0 Å². The number of nitrogens with zero attached hydrogens (tertiary/aromatic N) is 1. The van der Waals surface area contributed by atoms with Gasteiger partial charge in [-0.3, -0.25) is 4.79 Å². The molecule has 0 aromatic heterocycles. The van der Waals surface area contributed by atoms with Crippen molar-refractivity contribution in [3.05, 3.63) is 29.8 Å². The van der Waals surface area contributed by atoms with Crippen molar-refractivity contribution in [1.82, 2.24) is 4.90 Å². The van der Waals surface area contributed by atoms with E-state index in [-0.39, 0.29) is 11.8 Å². The molecule has 1 aliphatic rings. The summed E-state index contributed by atoms with van der Waals surface area (Å²) in [6.07, 6.45) is 3.27. The number of carbonyl (C=O) groups is 2. The monoisotopic (exact) mass is 288 g/mol. The van der Waals surface area contributed by atoms with Gasteiger partial charge in [0.25, 0.3) is 0 Å². The van der Waals surface area contributed by atoms with E-state index in [0.29, 0.717) is 11.0 Å². The average molecular weight is 288 g/mol. The quantitative estimate of drug-likeness (QED) is 0.857. The Hall–Kier alpha value is -1.84. The number of urea groups is 1. The van der Waals surface area contributed by atoms with E-state index in [1.54, 1.807) is 24.3 Å². The van der Waals surface area contributed by atoms with Gasteiger partial charge >= 0.3 is 6.03 Å². The summed E-state index contributed by atoms with van der Waals surface area (Å²) in [6, 6.07) is 6.97. The Labute approximate surface area is 126 Å². The largest absolute Gasteiger partial charge is 0.324 e. The van der Waals surface area contributed by atoms with Crippen LogP contribution in [0.25, 0.3) is 0 Å². The molecule has 1 saturated heterocycles. The third-order valence-corrected chi connectivity index (χ3v) is 4.65. The second-order valence-corrected chi connectivity index (χ2v) is 6.21. The van der Waals surface area contributed by atoms with Crippen LogP contribution in [0.3, 0.4) is 0 Å². The molecule has 2 rings (SSSR count). The van der Waals surface area contributed by atoms with Gasteiger partial charge in [-0.05, 0) is 49.4 Å². The minimum atomic E-state index is -0.0521. The summed E-state index contributed by atoms with van der Waals surface area (Å²) in [5.74, 6) is 0.0303. The molecule has 1 aromatic carbocycles. The number of Topliss-reactive ketones (excluding diaryl/α,β-unsaturated/α-hetero) is 1. The molecule has 0 saturated carbocycles. The second-order valence-electron chi connectivity index (χ2n) is 6.21. The van der Waals surface area contributed by atoms with Crippen molar-refractivity contribution in [2.24, 2.45) is 5.41 Å². The first-order chi connectivity index (χ1) is 9.93. The van der Waals surface area contributed by atoms with Crippen LogP contribution in [0.15, 0.2) is 24.3 Å². The molecule has 21 heavy (non-hydrogen) atoms. The number of hydrogen-bond donors (Lipinski definition) is 1. The van der Waals surface area contributed by atoms with Crippen LogP contribution < -0.4 is 5.32 Å². The van der Waals surface area contributed by atoms with E-state index in [2.05, 4.69) is 19.2 Å². The van der Waals surface area contributed by atoms with Crippen molar-refractivity contribution in [2.45, 2.75) is 40.0 Å². The summed E-state index contributed by atoms with van der Waals surface area (Å²) in [6.45, 7) is 7.66. The van der Waals surface area contributed by atoms with Crippen LogP contribution in [0.2, 0.25) is 0 Å². The molecule has 0 spiro atoms. The fraction of sp³-hybridized carbons (Fsp3) is 0.529. The Morgan fingerprint density at radius 3 is 2.24 bits per heavy atom. The van der Waals surface area contributed by atoms with Gasteiger partial charge < -0.3 is 10.2 Å². The van der Waals surface area contributed by atoms with Crippen LogP contribution in [0.5, 0.6) is 0 Å². The average Bonchev–Trinajstić information content (AvgIpc) is 2.48. The standard InChI is InChI=1S/C17H24N2O2/c1-4-17(3)9-11-19(12-10-17)16(21)18-15-7-5-14(6-8-15)13(2)20/h5-8H,4,9-12H2,1-3H3,(H,18,21). The molecule has 0 radical (unpaired) electrons. The number of piperidine rings is 1. The summed E-state index contributed by atoms with van der Waals surface area (Å²) in [5.41, 5.74) is 1.76. The van der Waals surface area contributed by atoms with Crippen LogP contribution in [0.4, 0.5) is 10.5 Å². The number of hydrogen-bond acceptors (Lipinski definition) is 2. The Balaban J connectivity index is 1.92. The molecule has 1 fully saturated rings. The molecule has 0 bridgehead atoms. The maximum atomic E-state index is 12.2. The van der Waals surface area contributed by atoms with Gasteiger partial charge in [-0.15, -0.1) is 0 Å². The summed E-state index contributed by atoms with van der Waals surface area (Å²) in [4.78, 5) is 25.3. The SMILES string of the molecule is CCC1(C)CCN(C(=O)Nc2ccc(C(C)=O)cc2)CC1. The lowest BCUT2D eigenvalue weighted by Gasteiger charge is -2.38. The highest BCUT2D eigenvalue weighted by Gasteiger charge is 2.30. The van der Waals surface area contributed by atoms with Crippen molar-refractivity contribution in [2.75, 3.05) is 18.4 Å². The third kappa shape index (κ3) is 3.84. The minimum absolute atomic E-state index is 0.0303. The zero-order chi connectivity index (χ0) is 15.5. The van der Waals surface area contributed by atoms with E-state index >= 15 is 0 Å². The maximum absolute atomic E-state index is 12.2. The lowest BCUT2D eigenvalue weighted by Crippen LogP contribution is -2.43. The van der Waals surface area contributed by atoms with Crippen molar-refractivity contribution < 1.29 is 9.59 Å². The normalized spacial score (nSPS) is 17.4. The smallest absolute Gasteiger partial charge is 0.321 e. The number of likely N-dealkylation sites (tertiary alicyclic amines) is 1. The molecule has 0 atom stereocenters. The lowest BCUT2D eigenvalue weighted by atomic mass is 9.78. The topological polar surface area (TPSA) is 49.4 Å². The summed E-state index contributed by atoms with van der Waals surface area (Å²) >= 11 is 0. The second kappa shape index (κ2) is 6.29. The Bertz CT molecular complexity index is 514. The Morgan fingerprint density at radius 2 is 1.76 bits per heavy atom. The van der Waals surface area contributed by atoms with Gasteiger partial charge in [-0.2, -0.15) is 0 Å². The molecule has 1 aromatic rings. The number of rotatable bonds is 3. The summed E-state index contributed by atoms with van der Waals surface area (Å²) in [5, 5.41) is 2.90. The van der Waals surface area contributed by atoms with Gasteiger partial charge in [0, 0.05) is 24.3 Å². The fourth-order valence-corrected chi connectivity index (χ4v) is 2.59. The lowest BCUT2D eigenvalue weighted by molar-refractivity contribution is 0.101. The first kappa shape index (κ1) is 15.5. The first-order valence-electron chi connectivity index (χ1n) is 7.60. The molecular weight excluding hydrogens is 264 g/mol. The van der Waals surface area contributed by atoms with Crippen LogP contribution in [-0.2, 0) is 0 Å². The van der Waals surface area contributed by atoms with E-state index in [1.165, 1.54) is 6.92 Å². The number of nitrogens with one attached hydrogen (secondary N) is 1. The molecule has 0 aliphatic carbocycles. The van der Waals surface area contributed by atoms with Gasteiger partial charge in [-0.1, -0.05) is 20.3 Å². The van der Waals surface area contributed by atoms with E-state index in [9.17, 15) is 9.59 Å². The summed E-state index contributed by atoms with van der Waals surface area (Å²) in [7, 11) is 0. The van der Waals surface area contributed by atoms with Crippen LogP contribution in [-0.4, -0.2) is 29.8 Å². The van der Waals surface area contributed by atoms with Gasteiger partial charge in [0.1, 0.15) is 0 Å². The van der Waals surface area contributed by atoms with Gasteiger partial charge in [0.15, 0.2) is 5.78 Å². The molecule has 1 N–H and O–H groups in total. The fourth-order valence-electron chi connectivity index (χ4n) is 2.59. The molecule has 0 unspecified atom stereocenters. The van der Waals surface area contributed by atoms with Crippen molar-refractivity contribution in [3.8, 4) is 0 Å².